The third-order valence-electron chi connectivity index (χ3n) is 11.8. The topological polar surface area (TPSA) is 121 Å². The van der Waals surface area contributed by atoms with E-state index in [0.717, 1.165) is 101 Å². The van der Waals surface area contributed by atoms with E-state index in [9.17, 15) is 14.7 Å². The summed E-state index contributed by atoms with van der Waals surface area (Å²) < 4.78 is 28.4. The first-order valence-electron chi connectivity index (χ1n) is 20.9. The Bertz CT molecular complexity index is 2360. The van der Waals surface area contributed by atoms with E-state index >= 15 is 0 Å². The zero-order chi connectivity index (χ0) is 39.4. The zero-order valence-electron chi connectivity index (χ0n) is 32.9. The van der Waals surface area contributed by atoms with Crippen LogP contribution in [0.25, 0.3) is 32.7 Å². The van der Waals surface area contributed by atoms with Gasteiger partial charge in [0.15, 0.2) is 11.5 Å². The zero-order valence-corrected chi connectivity index (χ0v) is 32.9. The van der Waals surface area contributed by atoms with Crippen molar-refractivity contribution < 1.29 is 37.7 Å². The average molecular weight is 786 g/mol. The predicted octanol–water partition coefficient (Wildman–Crippen LogP) is 7.89. The van der Waals surface area contributed by atoms with Gasteiger partial charge < -0.3 is 42.9 Å². The quantitative estimate of drug-likeness (QED) is 0.131. The summed E-state index contributed by atoms with van der Waals surface area (Å²) in [6, 6.07) is 30.1. The Morgan fingerprint density at radius 1 is 0.672 bits per heavy atom. The monoisotopic (exact) mass is 785 g/mol. The van der Waals surface area contributed by atoms with Crippen LogP contribution in [0.2, 0.25) is 0 Å². The summed E-state index contributed by atoms with van der Waals surface area (Å²) in [6.07, 6.45) is 6.02. The molecule has 2 atom stereocenters. The van der Waals surface area contributed by atoms with Crippen molar-refractivity contribution >= 4 is 44.5 Å². The number of rotatable bonds is 11. The molecular formula is C47H51N3O8. The SMILES string of the molecule is O=C(c1cc2c(OC[C@@H](O)CN3CCC(c4ccc5ccccc5c4)CC3)cccc2o1)N1CCCC1.O=C(c1cc2c(OC[C@@H]3CO3)cccc2o1)N1CCCC1. The number of aliphatic hydroxyl groups is 1. The summed E-state index contributed by atoms with van der Waals surface area (Å²) in [4.78, 5) is 31.1. The van der Waals surface area contributed by atoms with E-state index in [0.29, 0.717) is 47.5 Å². The van der Waals surface area contributed by atoms with Crippen LogP contribution >= 0.6 is 0 Å². The van der Waals surface area contributed by atoms with Gasteiger partial charge in [-0.15, -0.1) is 0 Å². The molecule has 4 aliphatic rings. The van der Waals surface area contributed by atoms with Crippen molar-refractivity contribution in [2.45, 2.75) is 56.7 Å². The summed E-state index contributed by atoms with van der Waals surface area (Å²) in [6.45, 7) is 7.22. The molecule has 0 aliphatic carbocycles. The van der Waals surface area contributed by atoms with Crippen LogP contribution in [0.15, 0.2) is 99.8 Å². The van der Waals surface area contributed by atoms with E-state index in [1.807, 2.05) is 46.2 Å². The third kappa shape index (κ3) is 8.72. The van der Waals surface area contributed by atoms with Crippen molar-refractivity contribution in [1.82, 2.24) is 14.7 Å². The molecule has 11 heteroatoms. The predicted molar refractivity (Wildman–Crippen MR) is 222 cm³/mol. The highest BCUT2D eigenvalue weighted by Gasteiger charge is 2.27. The number of piperidine rings is 1. The molecule has 6 aromatic rings. The van der Waals surface area contributed by atoms with E-state index in [-0.39, 0.29) is 24.5 Å². The molecule has 302 valence electrons. The summed E-state index contributed by atoms with van der Waals surface area (Å²) in [5.41, 5.74) is 2.73. The fourth-order valence-electron chi connectivity index (χ4n) is 8.48. The van der Waals surface area contributed by atoms with Crippen LogP contribution in [0.1, 0.15) is 71.1 Å². The number of likely N-dealkylation sites (tertiary alicyclic amines) is 3. The fraction of sp³-hybridized carbons (Fsp3) is 0.404. The number of fused-ring (bicyclic) bond motifs is 3. The second-order valence-electron chi connectivity index (χ2n) is 16.0. The summed E-state index contributed by atoms with van der Waals surface area (Å²) >= 11 is 0. The molecule has 2 aromatic heterocycles. The number of benzene rings is 4. The maximum absolute atomic E-state index is 12.7. The molecule has 0 bridgehead atoms. The number of nitrogens with zero attached hydrogens (tertiary/aromatic N) is 3. The number of epoxide rings is 1. The summed E-state index contributed by atoms with van der Waals surface area (Å²) in [7, 11) is 0. The first kappa shape index (κ1) is 38.2. The van der Waals surface area contributed by atoms with Gasteiger partial charge in [-0.05, 0) is 98.1 Å². The molecule has 0 spiro atoms. The van der Waals surface area contributed by atoms with Crippen molar-refractivity contribution in [3.63, 3.8) is 0 Å². The number of aliphatic hydroxyl groups excluding tert-OH is 1. The van der Waals surface area contributed by atoms with E-state index in [2.05, 4.69) is 47.4 Å². The third-order valence-corrected chi connectivity index (χ3v) is 11.8. The molecule has 0 unspecified atom stereocenters. The van der Waals surface area contributed by atoms with Gasteiger partial charge in [-0.3, -0.25) is 9.59 Å². The molecule has 1 N–H and O–H groups in total. The number of hydrogen-bond acceptors (Lipinski definition) is 9. The highest BCUT2D eigenvalue weighted by atomic mass is 16.6. The molecule has 6 heterocycles. The molecule has 0 radical (unpaired) electrons. The Hall–Kier alpha value is -5.36. The van der Waals surface area contributed by atoms with Crippen LogP contribution in [0.4, 0.5) is 0 Å². The van der Waals surface area contributed by atoms with Crippen LogP contribution in [-0.2, 0) is 4.74 Å². The largest absolute Gasteiger partial charge is 0.490 e. The van der Waals surface area contributed by atoms with E-state index < -0.39 is 6.10 Å². The Balaban J connectivity index is 0.000000175. The lowest BCUT2D eigenvalue weighted by molar-refractivity contribution is 0.0599. The van der Waals surface area contributed by atoms with Crippen molar-refractivity contribution in [3.05, 3.63) is 108 Å². The number of ether oxygens (including phenoxy) is 3. The van der Waals surface area contributed by atoms with Gasteiger partial charge in [-0.1, -0.05) is 54.6 Å². The van der Waals surface area contributed by atoms with Gasteiger partial charge in [0.2, 0.25) is 0 Å². The normalized spacial score (nSPS) is 19.1. The second kappa shape index (κ2) is 17.2. The average Bonchev–Trinajstić information content (AvgIpc) is 3.78. The van der Waals surface area contributed by atoms with Crippen LogP contribution in [0.5, 0.6) is 11.5 Å². The van der Waals surface area contributed by atoms with E-state index in [1.54, 1.807) is 12.1 Å². The minimum atomic E-state index is -0.593. The number of hydrogen-bond donors (Lipinski definition) is 1. The maximum atomic E-state index is 12.7. The van der Waals surface area contributed by atoms with Crippen LogP contribution < -0.4 is 9.47 Å². The van der Waals surface area contributed by atoms with E-state index in [1.165, 1.54) is 16.3 Å². The number of β-amino-alcohol motifs (C(OH)–C–C–N with tert-alkyl or cyclic N) is 1. The summed E-state index contributed by atoms with van der Waals surface area (Å²) in [5, 5.41) is 14.9. The Labute approximate surface area is 338 Å². The Kier molecular flexibility index (Phi) is 11.3. The smallest absolute Gasteiger partial charge is 0.289 e. The Morgan fingerprint density at radius 2 is 1.24 bits per heavy atom. The Morgan fingerprint density at radius 3 is 1.83 bits per heavy atom. The van der Waals surface area contributed by atoms with Crippen LogP contribution in [0.3, 0.4) is 0 Å². The maximum Gasteiger partial charge on any atom is 0.289 e. The standard InChI is InChI=1S/C31H34N2O4.C16H17NO4/c34-26(20-32-16-12-23(13-17-32)25-11-10-22-6-1-2-7-24(22)18-25)21-36-28-8-5-9-29-27(28)19-30(37-29)31(35)33-14-3-4-15-33;18-16(17-6-1-2-7-17)15-8-12-13(20-10-11-9-19-11)4-3-5-14(12)21-15/h1-2,5-11,18-19,23,26,34H,3-4,12-17,20-21H2;3-5,8,11H,1-2,6-7,9-10H2/t26-;11-/m00/s1. The summed E-state index contributed by atoms with van der Waals surface area (Å²) in [5.74, 6) is 2.59. The molecular weight excluding hydrogens is 735 g/mol. The number of carbonyl (C=O) groups is 2. The minimum Gasteiger partial charge on any atom is -0.490 e. The van der Waals surface area contributed by atoms with Crippen molar-refractivity contribution in [1.29, 1.82) is 0 Å². The first-order chi connectivity index (χ1) is 28.4. The molecule has 10 rings (SSSR count). The molecule has 11 nitrogen and oxygen atoms in total. The lowest BCUT2D eigenvalue weighted by Gasteiger charge is -2.33. The van der Waals surface area contributed by atoms with E-state index in [4.69, 9.17) is 23.0 Å². The number of furan rings is 2. The number of carbonyl (C=O) groups excluding carboxylic acids is 2. The second-order valence-corrected chi connectivity index (χ2v) is 16.0. The lowest BCUT2D eigenvalue weighted by atomic mass is 9.88. The first-order valence-corrected chi connectivity index (χ1v) is 20.9. The van der Waals surface area contributed by atoms with Gasteiger partial charge in [0.1, 0.15) is 48.1 Å². The highest BCUT2D eigenvalue weighted by Crippen LogP contribution is 2.33. The van der Waals surface area contributed by atoms with Gasteiger partial charge in [0.25, 0.3) is 11.8 Å². The van der Waals surface area contributed by atoms with Gasteiger partial charge in [-0.2, -0.15) is 0 Å². The molecule has 4 saturated heterocycles. The van der Waals surface area contributed by atoms with Gasteiger partial charge in [-0.25, -0.2) is 0 Å². The highest BCUT2D eigenvalue weighted by molar-refractivity contribution is 5.98. The molecule has 2 amide bonds. The lowest BCUT2D eigenvalue weighted by Crippen LogP contribution is -2.40. The molecule has 58 heavy (non-hydrogen) atoms. The van der Waals surface area contributed by atoms with Gasteiger partial charge in [0.05, 0.1) is 17.4 Å². The van der Waals surface area contributed by atoms with Crippen LogP contribution in [0, 0.1) is 0 Å². The minimum absolute atomic E-state index is 0.0276. The van der Waals surface area contributed by atoms with Crippen molar-refractivity contribution in [2.75, 3.05) is 65.6 Å². The van der Waals surface area contributed by atoms with Gasteiger partial charge >= 0.3 is 0 Å². The van der Waals surface area contributed by atoms with Crippen LogP contribution in [-0.4, -0.2) is 109 Å². The molecule has 0 saturated carbocycles. The fourth-order valence-corrected chi connectivity index (χ4v) is 8.48. The molecule has 4 aliphatic heterocycles. The van der Waals surface area contributed by atoms with Crippen molar-refractivity contribution in [3.8, 4) is 11.5 Å². The van der Waals surface area contributed by atoms with Gasteiger partial charge in [0, 0.05) is 44.9 Å². The molecule has 4 aromatic carbocycles. The number of amides is 2. The van der Waals surface area contributed by atoms with Crippen molar-refractivity contribution in [2.24, 2.45) is 0 Å². The molecule has 4 fully saturated rings.